The predicted molar refractivity (Wildman–Crippen MR) is 67.8 cm³/mol. The summed E-state index contributed by atoms with van der Waals surface area (Å²) in [6.07, 6.45) is 1.40. The zero-order chi connectivity index (χ0) is 13.3. The van der Waals surface area contributed by atoms with Gasteiger partial charge in [0, 0.05) is 12.1 Å². The van der Waals surface area contributed by atoms with Gasteiger partial charge in [-0.05, 0) is 25.1 Å². The number of aryl methyl sites for hydroxylation is 1. The highest BCUT2D eigenvalue weighted by molar-refractivity contribution is 6.37. The van der Waals surface area contributed by atoms with E-state index < -0.39 is 5.82 Å². The second-order valence-corrected chi connectivity index (χ2v) is 4.42. The molecule has 0 spiro atoms. The molecule has 0 radical (unpaired) electrons. The molecular weight excluding hydrogens is 278 g/mol. The second-order valence-electron chi connectivity index (χ2n) is 3.61. The molecule has 6 heteroatoms. The summed E-state index contributed by atoms with van der Waals surface area (Å²) in [6.45, 7) is 2.35. The van der Waals surface area contributed by atoms with Crippen molar-refractivity contribution in [2.45, 2.75) is 13.5 Å². The predicted octanol–water partition coefficient (Wildman–Crippen LogP) is 3.58. The van der Waals surface area contributed by atoms with Crippen LogP contribution in [0.4, 0.5) is 4.39 Å². The number of hydrogen-bond donors (Lipinski definition) is 0. The summed E-state index contributed by atoms with van der Waals surface area (Å²) < 4.78 is 14.4. The lowest BCUT2D eigenvalue weighted by Gasteiger charge is -2.06. The number of halogens is 3. The molecule has 0 atom stereocenters. The molecule has 0 saturated heterocycles. The lowest BCUT2D eigenvalue weighted by Crippen LogP contribution is -2.11. The number of carbonyl (C=O) groups excluding carboxylic acids is 1. The summed E-state index contributed by atoms with van der Waals surface area (Å²) in [4.78, 5) is 12.3. The third-order valence-electron chi connectivity index (χ3n) is 2.49. The van der Waals surface area contributed by atoms with Crippen LogP contribution in [0.15, 0.2) is 24.4 Å². The zero-order valence-corrected chi connectivity index (χ0v) is 11.0. The van der Waals surface area contributed by atoms with Crippen LogP contribution in [0, 0.1) is 5.82 Å². The fourth-order valence-electron chi connectivity index (χ4n) is 1.63. The van der Waals surface area contributed by atoms with Gasteiger partial charge in [0.25, 0.3) is 0 Å². The maximum absolute atomic E-state index is 12.9. The SMILES string of the molecule is CCn1ncc(Cl)c1C(=O)c1ccc(F)cc1Cl. The lowest BCUT2D eigenvalue weighted by molar-refractivity contribution is 0.102. The molecule has 0 bridgehead atoms. The first-order valence-electron chi connectivity index (χ1n) is 5.25. The first kappa shape index (κ1) is 13.1. The van der Waals surface area contributed by atoms with Crippen molar-refractivity contribution in [3.8, 4) is 0 Å². The van der Waals surface area contributed by atoms with Crippen LogP contribution >= 0.6 is 23.2 Å². The monoisotopic (exact) mass is 286 g/mol. The molecule has 2 rings (SSSR count). The summed E-state index contributed by atoms with van der Waals surface area (Å²) in [5, 5.41) is 4.28. The topological polar surface area (TPSA) is 34.9 Å². The number of carbonyl (C=O) groups is 1. The average Bonchev–Trinajstić information content (AvgIpc) is 2.69. The Morgan fingerprint density at radius 3 is 2.72 bits per heavy atom. The van der Waals surface area contributed by atoms with E-state index >= 15 is 0 Å². The van der Waals surface area contributed by atoms with E-state index in [0.29, 0.717) is 6.54 Å². The standard InChI is InChI=1S/C12H9Cl2FN2O/c1-2-17-11(10(14)6-16-17)12(18)8-4-3-7(15)5-9(8)13/h3-6H,2H2,1H3. The van der Waals surface area contributed by atoms with Crippen molar-refractivity contribution >= 4 is 29.0 Å². The first-order valence-corrected chi connectivity index (χ1v) is 6.01. The van der Waals surface area contributed by atoms with E-state index in [4.69, 9.17) is 23.2 Å². The van der Waals surface area contributed by atoms with E-state index in [9.17, 15) is 9.18 Å². The zero-order valence-electron chi connectivity index (χ0n) is 9.45. The minimum Gasteiger partial charge on any atom is -0.287 e. The Labute approximate surface area is 113 Å². The average molecular weight is 287 g/mol. The molecule has 0 N–H and O–H groups in total. The number of aromatic nitrogens is 2. The second kappa shape index (κ2) is 5.08. The van der Waals surface area contributed by atoms with Crippen molar-refractivity contribution in [2.75, 3.05) is 0 Å². The van der Waals surface area contributed by atoms with E-state index in [1.807, 2.05) is 6.92 Å². The fraction of sp³-hybridized carbons (Fsp3) is 0.167. The van der Waals surface area contributed by atoms with E-state index in [-0.39, 0.29) is 27.1 Å². The van der Waals surface area contributed by atoms with E-state index in [2.05, 4.69) is 5.10 Å². The molecule has 0 fully saturated rings. The highest BCUT2D eigenvalue weighted by Gasteiger charge is 2.20. The molecule has 2 aromatic rings. The minimum absolute atomic E-state index is 0.0555. The molecule has 0 saturated carbocycles. The maximum atomic E-state index is 12.9. The van der Waals surface area contributed by atoms with E-state index in [1.54, 1.807) is 0 Å². The van der Waals surface area contributed by atoms with Gasteiger partial charge in [-0.25, -0.2) is 4.39 Å². The van der Waals surface area contributed by atoms with Crippen molar-refractivity contribution in [1.82, 2.24) is 9.78 Å². The number of rotatable bonds is 3. The molecule has 0 amide bonds. The molecular formula is C12H9Cl2FN2O. The van der Waals surface area contributed by atoms with Crippen molar-refractivity contribution in [2.24, 2.45) is 0 Å². The lowest BCUT2D eigenvalue weighted by atomic mass is 10.1. The Morgan fingerprint density at radius 1 is 1.39 bits per heavy atom. The van der Waals surface area contributed by atoms with Crippen LogP contribution in [0.1, 0.15) is 23.0 Å². The van der Waals surface area contributed by atoms with Gasteiger partial charge in [0.1, 0.15) is 11.5 Å². The smallest absolute Gasteiger partial charge is 0.214 e. The minimum atomic E-state index is -0.494. The highest BCUT2D eigenvalue weighted by atomic mass is 35.5. The first-order chi connectivity index (χ1) is 8.54. The number of nitrogens with zero attached hydrogens (tertiary/aromatic N) is 2. The molecule has 0 aliphatic rings. The molecule has 3 nitrogen and oxygen atoms in total. The Hall–Kier alpha value is -1.39. The molecule has 94 valence electrons. The Balaban J connectivity index is 2.51. The van der Waals surface area contributed by atoms with Crippen molar-refractivity contribution in [3.63, 3.8) is 0 Å². The van der Waals surface area contributed by atoms with Crippen molar-refractivity contribution in [1.29, 1.82) is 0 Å². The highest BCUT2D eigenvalue weighted by Crippen LogP contribution is 2.24. The van der Waals surface area contributed by atoms with Crippen molar-refractivity contribution in [3.05, 3.63) is 51.5 Å². The van der Waals surface area contributed by atoms with Crippen LogP contribution in [-0.2, 0) is 6.54 Å². The van der Waals surface area contributed by atoms with Crippen LogP contribution in [-0.4, -0.2) is 15.6 Å². The third-order valence-corrected chi connectivity index (χ3v) is 3.07. The van der Waals surface area contributed by atoms with Crippen LogP contribution in [0.5, 0.6) is 0 Å². The van der Waals surface area contributed by atoms with Crippen LogP contribution < -0.4 is 0 Å². The van der Waals surface area contributed by atoms with Crippen molar-refractivity contribution < 1.29 is 9.18 Å². The molecule has 0 aliphatic heterocycles. The normalized spacial score (nSPS) is 10.7. The summed E-state index contributed by atoms with van der Waals surface area (Å²) in [7, 11) is 0. The quantitative estimate of drug-likeness (QED) is 0.809. The molecule has 18 heavy (non-hydrogen) atoms. The third kappa shape index (κ3) is 2.26. The summed E-state index contributed by atoms with van der Waals surface area (Å²) in [5.74, 6) is -0.865. The van der Waals surface area contributed by atoms with E-state index in [1.165, 1.54) is 23.0 Å². The maximum Gasteiger partial charge on any atom is 0.214 e. The Kier molecular flexibility index (Phi) is 3.68. The molecule has 1 aromatic heterocycles. The van der Waals surface area contributed by atoms with Crippen LogP contribution in [0.25, 0.3) is 0 Å². The Bertz CT molecular complexity index is 610. The van der Waals surface area contributed by atoms with E-state index in [0.717, 1.165) is 6.07 Å². The fourth-order valence-corrected chi connectivity index (χ4v) is 2.11. The molecule has 1 heterocycles. The van der Waals surface area contributed by atoms with Gasteiger partial charge in [0.05, 0.1) is 16.2 Å². The molecule has 1 aromatic carbocycles. The number of benzene rings is 1. The molecule has 0 unspecified atom stereocenters. The summed E-state index contributed by atoms with van der Waals surface area (Å²) in [5.41, 5.74) is 0.461. The van der Waals surface area contributed by atoms with Gasteiger partial charge in [-0.1, -0.05) is 23.2 Å². The number of hydrogen-bond acceptors (Lipinski definition) is 2. The van der Waals surface area contributed by atoms with Gasteiger partial charge in [-0.15, -0.1) is 0 Å². The number of ketones is 1. The summed E-state index contributed by atoms with van der Waals surface area (Å²) >= 11 is 11.8. The Morgan fingerprint density at radius 2 is 2.11 bits per heavy atom. The molecule has 0 aliphatic carbocycles. The van der Waals surface area contributed by atoms with Gasteiger partial charge in [0.2, 0.25) is 5.78 Å². The van der Waals surface area contributed by atoms with Gasteiger partial charge < -0.3 is 0 Å². The van der Waals surface area contributed by atoms with Gasteiger partial charge >= 0.3 is 0 Å². The van der Waals surface area contributed by atoms with Gasteiger partial charge in [0.15, 0.2) is 0 Å². The van der Waals surface area contributed by atoms with Gasteiger partial charge in [-0.2, -0.15) is 5.10 Å². The largest absolute Gasteiger partial charge is 0.287 e. The van der Waals surface area contributed by atoms with Crippen LogP contribution in [0.3, 0.4) is 0 Å². The van der Waals surface area contributed by atoms with Gasteiger partial charge in [-0.3, -0.25) is 9.48 Å². The van der Waals surface area contributed by atoms with Crippen LogP contribution in [0.2, 0.25) is 10.0 Å². The summed E-state index contributed by atoms with van der Waals surface area (Å²) in [6, 6.07) is 3.61.